The molecule has 3 rings (SSSR count). The van der Waals surface area contributed by atoms with Gasteiger partial charge < -0.3 is 5.32 Å². The van der Waals surface area contributed by atoms with Crippen molar-refractivity contribution in [3.63, 3.8) is 0 Å². The van der Waals surface area contributed by atoms with Crippen LogP contribution in [-0.2, 0) is 11.0 Å². The Balaban J connectivity index is 1.75. The summed E-state index contributed by atoms with van der Waals surface area (Å²) in [5.74, 6) is -0.542. The van der Waals surface area contributed by atoms with Crippen molar-refractivity contribution in [2.24, 2.45) is 0 Å². The Morgan fingerprint density at radius 2 is 1.68 bits per heavy atom. The average Bonchev–Trinajstić information content (AvgIpc) is 2.61. The van der Waals surface area contributed by atoms with E-state index in [1.54, 1.807) is 0 Å². The van der Waals surface area contributed by atoms with Crippen LogP contribution in [0.3, 0.4) is 0 Å². The molecule has 0 radical (unpaired) electrons. The first-order valence-corrected chi connectivity index (χ1v) is 9.61. The molecule has 1 heterocycles. The van der Waals surface area contributed by atoms with Gasteiger partial charge in [0, 0.05) is 5.39 Å². The molecule has 0 saturated heterocycles. The van der Waals surface area contributed by atoms with Crippen LogP contribution in [0.1, 0.15) is 22.3 Å². The van der Waals surface area contributed by atoms with E-state index in [0.29, 0.717) is 5.03 Å². The van der Waals surface area contributed by atoms with Crippen molar-refractivity contribution in [3.05, 3.63) is 64.7 Å². The largest absolute Gasteiger partial charge is 0.418 e. The minimum absolute atomic E-state index is 0.0314. The van der Waals surface area contributed by atoms with Crippen LogP contribution >= 0.6 is 11.8 Å². The number of alkyl halides is 3. The zero-order chi connectivity index (χ0) is 20.5. The number of hydrogen-bond donors (Lipinski definition) is 1. The molecule has 3 aromatic rings. The first-order chi connectivity index (χ1) is 13.1. The number of thioether (sulfide) groups is 1. The highest BCUT2D eigenvalue weighted by Gasteiger charge is 2.33. The van der Waals surface area contributed by atoms with Crippen LogP contribution in [0.4, 0.5) is 18.9 Å². The summed E-state index contributed by atoms with van der Waals surface area (Å²) in [6, 6.07) is 11.0. The van der Waals surface area contributed by atoms with Crippen molar-refractivity contribution in [1.29, 1.82) is 0 Å². The van der Waals surface area contributed by atoms with Gasteiger partial charge in [0.15, 0.2) is 0 Å². The lowest BCUT2D eigenvalue weighted by atomic mass is 10.1. The number of para-hydroxylation sites is 1. The van der Waals surface area contributed by atoms with Crippen molar-refractivity contribution in [2.75, 3.05) is 11.1 Å². The van der Waals surface area contributed by atoms with Crippen LogP contribution in [0.2, 0.25) is 0 Å². The Bertz CT molecular complexity index is 1050. The minimum atomic E-state index is -4.52. The second kappa shape index (κ2) is 7.83. The number of nitrogens with zero attached hydrogens (tertiary/aromatic N) is 1. The molecule has 0 spiro atoms. The van der Waals surface area contributed by atoms with E-state index in [4.69, 9.17) is 0 Å². The number of pyridine rings is 1. The topological polar surface area (TPSA) is 42.0 Å². The Morgan fingerprint density at radius 3 is 2.39 bits per heavy atom. The fourth-order valence-corrected chi connectivity index (χ4v) is 3.62. The lowest BCUT2D eigenvalue weighted by molar-refractivity contribution is -0.137. The van der Waals surface area contributed by atoms with Crippen molar-refractivity contribution in [3.8, 4) is 0 Å². The molecule has 1 aromatic heterocycles. The highest BCUT2D eigenvalue weighted by Crippen LogP contribution is 2.34. The summed E-state index contributed by atoms with van der Waals surface area (Å²) in [5, 5.41) is 4.06. The van der Waals surface area contributed by atoms with Crippen LogP contribution in [-0.4, -0.2) is 16.6 Å². The quantitative estimate of drug-likeness (QED) is 0.550. The van der Waals surface area contributed by atoms with E-state index in [1.807, 2.05) is 32.9 Å². The van der Waals surface area contributed by atoms with Gasteiger partial charge in [0.1, 0.15) is 5.03 Å². The molecule has 146 valence electrons. The van der Waals surface area contributed by atoms with Crippen molar-refractivity contribution < 1.29 is 18.0 Å². The monoisotopic (exact) mass is 404 g/mol. The molecule has 2 aromatic carbocycles. The zero-order valence-electron chi connectivity index (χ0n) is 15.6. The van der Waals surface area contributed by atoms with Crippen molar-refractivity contribution in [2.45, 2.75) is 32.0 Å². The van der Waals surface area contributed by atoms with Crippen LogP contribution in [0, 0.1) is 20.8 Å². The number of benzene rings is 2. The van der Waals surface area contributed by atoms with Crippen LogP contribution in [0.15, 0.2) is 47.5 Å². The number of amides is 1. The van der Waals surface area contributed by atoms with Crippen LogP contribution in [0.5, 0.6) is 0 Å². The van der Waals surface area contributed by atoms with Gasteiger partial charge in [0.25, 0.3) is 0 Å². The Labute approximate surface area is 165 Å². The molecule has 7 heteroatoms. The molecule has 3 nitrogen and oxygen atoms in total. The third kappa shape index (κ3) is 4.47. The van der Waals surface area contributed by atoms with E-state index in [9.17, 15) is 18.0 Å². The molecule has 0 aliphatic rings. The number of nitrogens with one attached hydrogen (secondary N) is 1. The number of carbonyl (C=O) groups excluding carboxylic acids is 1. The molecule has 28 heavy (non-hydrogen) atoms. The number of hydrogen-bond acceptors (Lipinski definition) is 3. The number of aromatic nitrogens is 1. The zero-order valence-corrected chi connectivity index (χ0v) is 16.5. The number of halogens is 3. The third-order valence-corrected chi connectivity index (χ3v) is 5.51. The van der Waals surface area contributed by atoms with Crippen molar-refractivity contribution in [1.82, 2.24) is 4.98 Å². The SMILES string of the molecule is Cc1cc2cc(C)c(SCC(=O)Nc3ccccc3C(F)(F)F)nc2cc1C. The predicted molar refractivity (Wildman–Crippen MR) is 107 cm³/mol. The molecule has 0 fully saturated rings. The number of carbonyl (C=O) groups is 1. The molecule has 0 aliphatic carbocycles. The van der Waals surface area contributed by atoms with Gasteiger partial charge in [0.2, 0.25) is 5.91 Å². The van der Waals surface area contributed by atoms with Crippen LogP contribution < -0.4 is 5.32 Å². The number of aryl methyl sites for hydroxylation is 3. The maximum absolute atomic E-state index is 13.0. The predicted octanol–water partition coefficient (Wildman–Crippen LogP) is 5.91. The second-order valence-electron chi connectivity index (χ2n) is 6.62. The van der Waals surface area contributed by atoms with Gasteiger partial charge in [-0.15, -0.1) is 0 Å². The van der Waals surface area contributed by atoms with Gasteiger partial charge in [-0.05, 0) is 67.8 Å². The highest BCUT2D eigenvalue weighted by atomic mass is 32.2. The summed E-state index contributed by atoms with van der Waals surface area (Å²) in [5.41, 5.74) is 2.95. The molecule has 0 saturated carbocycles. The maximum atomic E-state index is 13.0. The summed E-state index contributed by atoms with van der Waals surface area (Å²) in [6.07, 6.45) is -4.52. The molecule has 1 amide bonds. The van der Waals surface area contributed by atoms with Crippen LogP contribution in [0.25, 0.3) is 10.9 Å². The van der Waals surface area contributed by atoms with Gasteiger partial charge in [0.05, 0.1) is 22.5 Å². The standard InChI is InChI=1S/C21H19F3N2OS/c1-12-8-15-9-14(3)20(26-18(15)10-13(12)2)28-11-19(27)25-17-7-5-4-6-16(17)21(22,23)24/h4-10H,11H2,1-3H3,(H,25,27). The van der Waals surface area contributed by atoms with E-state index >= 15 is 0 Å². The molecule has 0 bridgehead atoms. The smallest absolute Gasteiger partial charge is 0.325 e. The summed E-state index contributed by atoms with van der Waals surface area (Å²) in [7, 11) is 0. The Hall–Kier alpha value is -2.54. The summed E-state index contributed by atoms with van der Waals surface area (Å²) in [6.45, 7) is 5.95. The molecular weight excluding hydrogens is 385 g/mol. The van der Waals surface area contributed by atoms with Gasteiger partial charge in [-0.3, -0.25) is 4.79 Å². The molecule has 0 atom stereocenters. The van der Waals surface area contributed by atoms with E-state index in [0.717, 1.165) is 28.1 Å². The number of anilines is 1. The summed E-state index contributed by atoms with van der Waals surface area (Å²) < 4.78 is 39.1. The Kier molecular flexibility index (Phi) is 5.65. The fourth-order valence-electron chi connectivity index (χ4n) is 2.83. The summed E-state index contributed by atoms with van der Waals surface area (Å²) in [4.78, 5) is 16.8. The fraction of sp³-hybridized carbons (Fsp3) is 0.238. The Morgan fingerprint density at radius 1 is 1.04 bits per heavy atom. The van der Waals surface area contributed by atoms with Gasteiger partial charge in [-0.2, -0.15) is 13.2 Å². The van der Waals surface area contributed by atoms with E-state index in [1.165, 1.54) is 35.5 Å². The lowest BCUT2D eigenvalue weighted by Crippen LogP contribution is -2.18. The van der Waals surface area contributed by atoms with E-state index in [2.05, 4.69) is 16.4 Å². The minimum Gasteiger partial charge on any atom is -0.325 e. The first kappa shape index (κ1) is 20.2. The number of rotatable bonds is 4. The molecule has 1 N–H and O–H groups in total. The lowest BCUT2D eigenvalue weighted by Gasteiger charge is -2.13. The van der Waals surface area contributed by atoms with Gasteiger partial charge >= 0.3 is 6.18 Å². The second-order valence-corrected chi connectivity index (χ2v) is 7.58. The average molecular weight is 404 g/mol. The summed E-state index contributed by atoms with van der Waals surface area (Å²) >= 11 is 1.21. The molecule has 0 aliphatic heterocycles. The van der Waals surface area contributed by atoms with E-state index in [-0.39, 0.29) is 11.4 Å². The first-order valence-electron chi connectivity index (χ1n) is 8.62. The molecule has 0 unspecified atom stereocenters. The normalized spacial score (nSPS) is 11.6. The molecular formula is C21H19F3N2OS. The van der Waals surface area contributed by atoms with Gasteiger partial charge in [-0.25, -0.2) is 4.98 Å². The maximum Gasteiger partial charge on any atom is 0.418 e. The number of fused-ring (bicyclic) bond motifs is 1. The van der Waals surface area contributed by atoms with E-state index < -0.39 is 17.6 Å². The highest BCUT2D eigenvalue weighted by molar-refractivity contribution is 8.00. The van der Waals surface area contributed by atoms with Gasteiger partial charge in [-0.1, -0.05) is 23.9 Å². The third-order valence-electron chi connectivity index (χ3n) is 4.42. The van der Waals surface area contributed by atoms with Crippen molar-refractivity contribution >= 4 is 34.3 Å².